The molecule has 0 bridgehead atoms. The standard InChI is InChI=1S/C26H35BrO2Si/c1-25(2,3)30(6,7)29-19-18-26(4,5)17-16-22-23(27)14-11-15-24(22)28-20-21-12-9-8-10-13-21/h8-15H,18-20H2,1-7H3. The van der Waals surface area contributed by atoms with Gasteiger partial charge in [-0.2, -0.15) is 0 Å². The van der Waals surface area contributed by atoms with Gasteiger partial charge in [0.1, 0.15) is 12.4 Å². The molecule has 0 aliphatic heterocycles. The summed E-state index contributed by atoms with van der Waals surface area (Å²) < 4.78 is 13.4. The average molecular weight is 488 g/mol. The molecule has 0 aliphatic carbocycles. The van der Waals surface area contributed by atoms with E-state index in [9.17, 15) is 0 Å². The molecule has 0 atom stereocenters. The van der Waals surface area contributed by atoms with E-state index in [0.29, 0.717) is 6.61 Å². The van der Waals surface area contributed by atoms with Crippen molar-refractivity contribution in [3.8, 4) is 17.6 Å². The molecule has 0 unspecified atom stereocenters. The van der Waals surface area contributed by atoms with Gasteiger partial charge in [0.15, 0.2) is 8.32 Å². The molecule has 0 spiro atoms. The van der Waals surface area contributed by atoms with Gasteiger partial charge < -0.3 is 9.16 Å². The summed E-state index contributed by atoms with van der Waals surface area (Å²) in [6.45, 7) is 17.0. The van der Waals surface area contributed by atoms with Crippen LogP contribution in [-0.2, 0) is 11.0 Å². The van der Waals surface area contributed by atoms with Gasteiger partial charge in [-0.15, -0.1) is 0 Å². The first-order valence-corrected chi connectivity index (χ1v) is 14.2. The van der Waals surface area contributed by atoms with Gasteiger partial charge in [-0.05, 0) is 72.0 Å². The Balaban J connectivity index is 2.08. The van der Waals surface area contributed by atoms with Crippen molar-refractivity contribution in [3.63, 3.8) is 0 Å². The van der Waals surface area contributed by atoms with E-state index in [1.54, 1.807) is 0 Å². The molecule has 0 heterocycles. The van der Waals surface area contributed by atoms with Gasteiger partial charge >= 0.3 is 0 Å². The summed E-state index contributed by atoms with van der Waals surface area (Å²) in [6.07, 6.45) is 0.900. The number of hydrogen-bond acceptors (Lipinski definition) is 2. The van der Waals surface area contributed by atoms with Crippen molar-refractivity contribution < 1.29 is 9.16 Å². The fraction of sp³-hybridized carbons (Fsp3) is 0.462. The predicted molar refractivity (Wildman–Crippen MR) is 133 cm³/mol. The smallest absolute Gasteiger partial charge is 0.191 e. The van der Waals surface area contributed by atoms with Gasteiger partial charge in [0, 0.05) is 16.5 Å². The summed E-state index contributed by atoms with van der Waals surface area (Å²) in [5.74, 6) is 7.63. The van der Waals surface area contributed by atoms with E-state index >= 15 is 0 Å². The molecule has 2 aromatic rings. The topological polar surface area (TPSA) is 18.5 Å². The summed E-state index contributed by atoms with van der Waals surface area (Å²) in [5, 5.41) is 0.225. The Kier molecular flexibility index (Phi) is 8.39. The molecule has 162 valence electrons. The Morgan fingerprint density at radius 1 is 0.933 bits per heavy atom. The van der Waals surface area contributed by atoms with Gasteiger partial charge in [0.2, 0.25) is 0 Å². The van der Waals surface area contributed by atoms with Gasteiger partial charge in [-0.25, -0.2) is 0 Å². The van der Waals surface area contributed by atoms with Crippen molar-refractivity contribution in [3.05, 3.63) is 64.1 Å². The van der Waals surface area contributed by atoms with Crippen LogP contribution in [0.15, 0.2) is 53.0 Å². The van der Waals surface area contributed by atoms with E-state index in [1.807, 2.05) is 36.4 Å². The summed E-state index contributed by atoms with van der Waals surface area (Å²) in [6, 6.07) is 16.1. The van der Waals surface area contributed by atoms with Gasteiger partial charge in [0.25, 0.3) is 0 Å². The molecule has 0 amide bonds. The number of rotatable bonds is 7. The molecule has 30 heavy (non-hydrogen) atoms. The second-order valence-electron chi connectivity index (χ2n) is 9.88. The Labute approximate surface area is 192 Å². The van der Waals surface area contributed by atoms with Crippen LogP contribution in [-0.4, -0.2) is 14.9 Å². The minimum absolute atomic E-state index is 0.144. The zero-order valence-electron chi connectivity index (χ0n) is 19.4. The van der Waals surface area contributed by atoms with Crippen molar-refractivity contribution >= 4 is 24.2 Å². The van der Waals surface area contributed by atoms with Crippen LogP contribution in [0.2, 0.25) is 18.1 Å². The number of hydrogen-bond donors (Lipinski definition) is 0. The van der Waals surface area contributed by atoms with Crippen LogP contribution in [0.3, 0.4) is 0 Å². The first-order chi connectivity index (χ1) is 13.9. The van der Waals surface area contributed by atoms with E-state index < -0.39 is 8.32 Å². The van der Waals surface area contributed by atoms with E-state index in [4.69, 9.17) is 9.16 Å². The molecule has 2 nitrogen and oxygen atoms in total. The Bertz CT molecular complexity index is 887. The van der Waals surface area contributed by atoms with Crippen LogP contribution >= 0.6 is 15.9 Å². The first-order valence-electron chi connectivity index (χ1n) is 10.5. The third kappa shape index (κ3) is 7.30. The molecule has 0 saturated heterocycles. The predicted octanol–water partition coefficient (Wildman–Crippen LogP) is 7.82. The Morgan fingerprint density at radius 3 is 2.23 bits per heavy atom. The van der Waals surface area contributed by atoms with Crippen molar-refractivity contribution in [1.29, 1.82) is 0 Å². The molecule has 2 aromatic carbocycles. The maximum atomic E-state index is 6.35. The third-order valence-electron chi connectivity index (χ3n) is 5.73. The molecular weight excluding hydrogens is 452 g/mol. The number of halogens is 1. The highest BCUT2D eigenvalue weighted by Gasteiger charge is 2.37. The molecule has 0 aliphatic rings. The van der Waals surface area contributed by atoms with Crippen LogP contribution in [0.25, 0.3) is 0 Å². The quantitative estimate of drug-likeness (QED) is 0.293. The highest BCUT2D eigenvalue weighted by Crippen LogP contribution is 2.37. The summed E-state index contributed by atoms with van der Waals surface area (Å²) in [5.41, 5.74) is 1.89. The Morgan fingerprint density at radius 2 is 1.60 bits per heavy atom. The van der Waals surface area contributed by atoms with Crippen molar-refractivity contribution in [2.45, 2.75) is 65.8 Å². The fourth-order valence-electron chi connectivity index (χ4n) is 2.55. The number of benzene rings is 2. The van der Waals surface area contributed by atoms with E-state index in [-0.39, 0.29) is 10.5 Å². The summed E-state index contributed by atoms with van der Waals surface area (Å²) in [7, 11) is -1.73. The summed E-state index contributed by atoms with van der Waals surface area (Å²) >= 11 is 3.64. The van der Waals surface area contributed by atoms with E-state index in [1.165, 1.54) is 0 Å². The van der Waals surface area contributed by atoms with Crippen LogP contribution in [0.4, 0.5) is 0 Å². The molecule has 0 saturated carbocycles. The van der Waals surface area contributed by atoms with E-state index in [2.05, 4.69) is 87.6 Å². The number of ether oxygens (including phenoxy) is 1. The largest absolute Gasteiger partial charge is 0.488 e. The highest BCUT2D eigenvalue weighted by molar-refractivity contribution is 9.10. The monoisotopic (exact) mass is 486 g/mol. The molecule has 0 N–H and O–H groups in total. The van der Waals surface area contributed by atoms with Crippen molar-refractivity contribution in [2.75, 3.05) is 6.61 Å². The maximum absolute atomic E-state index is 6.35. The highest BCUT2D eigenvalue weighted by atomic mass is 79.9. The van der Waals surface area contributed by atoms with Crippen LogP contribution in [0, 0.1) is 17.3 Å². The molecule has 2 rings (SSSR count). The van der Waals surface area contributed by atoms with Crippen LogP contribution in [0.1, 0.15) is 52.2 Å². The molecule has 4 heteroatoms. The minimum Gasteiger partial charge on any atom is -0.488 e. The van der Waals surface area contributed by atoms with Crippen molar-refractivity contribution in [1.82, 2.24) is 0 Å². The third-order valence-corrected chi connectivity index (χ3v) is 10.9. The maximum Gasteiger partial charge on any atom is 0.191 e. The van der Waals surface area contributed by atoms with Crippen LogP contribution in [0.5, 0.6) is 5.75 Å². The van der Waals surface area contributed by atoms with E-state index in [0.717, 1.165) is 34.4 Å². The van der Waals surface area contributed by atoms with Crippen LogP contribution < -0.4 is 4.74 Å². The van der Waals surface area contributed by atoms with Crippen molar-refractivity contribution in [2.24, 2.45) is 5.41 Å². The zero-order chi connectivity index (χ0) is 22.4. The lowest BCUT2D eigenvalue weighted by Crippen LogP contribution is -2.41. The fourth-order valence-corrected chi connectivity index (χ4v) is 4.05. The summed E-state index contributed by atoms with van der Waals surface area (Å²) in [4.78, 5) is 0. The van der Waals surface area contributed by atoms with Gasteiger partial charge in [-0.1, -0.05) is 69.0 Å². The molecule has 0 aromatic heterocycles. The first kappa shape index (κ1) is 24.7. The lowest BCUT2D eigenvalue weighted by atomic mass is 9.90. The average Bonchev–Trinajstić information content (AvgIpc) is 2.65. The Hall–Kier alpha value is -1.54. The molecular formula is C26H35BrO2Si. The molecule has 0 fully saturated rings. The lowest BCUT2D eigenvalue weighted by molar-refractivity contribution is 0.245. The second-order valence-corrected chi connectivity index (χ2v) is 15.5. The van der Waals surface area contributed by atoms with Gasteiger partial charge in [-0.3, -0.25) is 0 Å². The second kappa shape index (κ2) is 10.2. The molecule has 0 radical (unpaired) electrons. The SMILES string of the molecule is CC(C)(C#Cc1c(Br)cccc1OCc1ccccc1)CCO[Si](C)(C)C(C)(C)C. The van der Waals surface area contributed by atoms with Gasteiger partial charge in [0.05, 0.1) is 5.56 Å². The zero-order valence-corrected chi connectivity index (χ0v) is 22.0. The normalized spacial score (nSPS) is 12.3. The minimum atomic E-state index is -1.73. The lowest BCUT2D eigenvalue weighted by Gasteiger charge is -2.36.